The molecule has 100 valence electrons. The third-order valence-electron chi connectivity index (χ3n) is 2.39. The molecule has 0 fully saturated rings. The zero-order valence-corrected chi connectivity index (χ0v) is 11.5. The summed E-state index contributed by atoms with van der Waals surface area (Å²) in [6.45, 7) is 4.48. The van der Waals surface area contributed by atoms with E-state index in [9.17, 15) is 4.79 Å². The standard InChI is InChI=1S/C13H19ClN2O2/c1-3-6-16-13(17)8-18-12-5-4-10(14)7-11(12)9(2)15/h4-5,7,9H,3,6,8,15H2,1-2H3,(H,16,17)/t9-/m1/s1. The second-order valence-electron chi connectivity index (χ2n) is 4.11. The van der Waals surface area contributed by atoms with Crippen LogP contribution in [0.4, 0.5) is 0 Å². The van der Waals surface area contributed by atoms with E-state index in [2.05, 4.69) is 5.32 Å². The van der Waals surface area contributed by atoms with E-state index >= 15 is 0 Å². The number of carbonyl (C=O) groups is 1. The van der Waals surface area contributed by atoms with Gasteiger partial charge in [0.2, 0.25) is 0 Å². The summed E-state index contributed by atoms with van der Waals surface area (Å²) >= 11 is 5.90. The van der Waals surface area contributed by atoms with Crippen molar-refractivity contribution < 1.29 is 9.53 Å². The summed E-state index contributed by atoms with van der Waals surface area (Å²) in [7, 11) is 0. The van der Waals surface area contributed by atoms with Gasteiger partial charge < -0.3 is 15.8 Å². The second kappa shape index (κ2) is 7.24. The third kappa shape index (κ3) is 4.55. The van der Waals surface area contributed by atoms with Gasteiger partial charge in [-0.05, 0) is 31.5 Å². The predicted octanol–water partition coefficient (Wildman–Crippen LogP) is 2.26. The predicted molar refractivity (Wildman–Crippen MR) is 72.9 cm³/mol. The highest BCUT2D eigenvalue weighted by Gasteiger charge is 2.10. The molecule has 0 aliphatic carbocycles. The summed E-state index contributed by atoms with van der Waals surface area (Å²) in [4.78, 5) is 11.4. The first-order chi connectivity index (χ1) is 8.54. The highest BCUT2D eigenvalue weighted by Crippen LogP contribution is 2.27. The molecule has 4 nitrogen and oxygen atoms in total. The maximum atomic E-state index is 11.4. The lowest BCUT2D eigenvalue weighted by atomic mass is 10.1. The van der Waals surface area contributed by atoms with E-state index in [0.717, 1.165) is 12.0 Å². The average Bonchev–Trinajstić information content (AvgIpc) is 2.34. The number of rotatable bonds is 6. The number of carbonyl (C=O) groups excluding carboxylic acids is 1. The Morgan fingerprint density at radius 3 is 2.89 bits per heavy atom. The molecule has 0 bridgehead atoms. The van der Waals surface area contributed by atoms with Gasteiger partial charge in [0.1, 0.15) is 5.75 Å². The lowest BCUT2D eigenvalue weighted by molar-refractivity contribution is -0.123. The summed E-state index contributed by atoms with van der Waals surface area (Å²) in [5.74, 6) is 0.462. The Hall–Kier alpha value is -1.26. The van der Waals surface area contributed by atoms with Crippen LogP contribution in [-0.2, 0) is 4.79 Å². The minimum Gasteiger partial charge on any atom is -0.483 e. The van der Waals surface area contributed by atoms with Gasteiger partial charge in [-0.25, -0.2) is 0 Å². The highest BCUT2D eigenvalue weighted by molar-refractivity contribution is 6.30. The van der Waals surface area contributed by atoms with Gasteiger partial charge in [-0.3, -0.25) is 4.79 Å². The number of amides is 1. The lowest BCUT2D eigenvalue weighted by Gasteiger charge is -2.14. The van der Waals surface area contributed by atoms with Gasteiger partial charge in [-0.1, -0.05) is 18.5 Å². The van der Waals surface area contributed by atoms with Crippen LogP contribution in [0, 0.1) is 0 Å². The Morgan fingerprint density at radius 1 is 1.56 bits per heavy atom. The number of hydrogen-bond acceptors (Lipinski definition) is 3. The van der Waals surface area contributed by atoms with Crippen molar-refractivity contribution in [2.75, 3.05) is 13.2 Å². The minimum atomic E-state index is -0.197. The van der Waals surface area contributed by atoms with Crippen molar-refractivity contribution in [2.45, 2.75) is 26.3 Å². The summed E-state index contributed by atoms with van der Waals surface area (Å²) in [5.41, 5.74) is 6.63. The molecule has 0 aliphatic rings. The fourth-order valence-electron chi connectivity index (χ4n) is 1.47. The molecule has 1 aromatic rings. The monoisotopic (exact) mass is 270 g/mol. The molecule has 1 atom stereocenters. The number of nitrogens with one attached hydrogen (secondary N) is 1. The zero-order valence-electron chi connectivity index (χ0n) is 10.7. The quantitative estimate of drug-likeness (QED) is 0.833. The SMILES string of the molecule is CCCNC(=O)COc1ccc(Cl)cc1[C@@H](C)N. The largest absolute Gasteiger partial charge is 0.483 e. The Bertz CT molecular complexity index is 408. The van der Waals surface area contributed by atoms with Gasteiger partial charge in [-0.2, -0.15) is 0 Å². The summed E-state index contributed by atoms with van der Waals surface area (Å²) in [6, 6.07) is 5.00. The van der Waals surface area contributed by atoms with E-state index in [0.29, 0.717) is 17.3 Å². The molecule has 0 saturated heterocycles. The smallest absolute Gasteiger partial charge is 0.257 e. The van der Waals surface area contributed by atoms with Crippen molar-refractivity contribution in [3.05, 3.63) is 28.8 Å². The molecule has 1 rings (SSSR count). The number of benzene rings is 1. The third-order valence-corrected chi connectivity index (χ3v) is 2.63. The Labute approximate surface area is 112 Å². The summed E-state index contributed by atoms with van der Waals surface area (Å²) in [6.07, 6.45) is 0.901. The van der Waals surface area contributed by atoms with Gasteiger partial charge in [0.25, 0.3) is 5.91 Å². The highest BCUT2D eigenvalue weighted by atomic mass is 35.5. The van der Waals surface area contributed by atoms with E-state index < -0.39 is 0 Å². The molecule has 0 unspecified atom stereocenters. The Kier molecular flexibility index (Phi) is 5.95. The second-order valence-corrected chi connectivity index (χ2v) is 4.55. The minimum absolute atomic E-state index is 0.0125. The van der Waals surface area contributed by atoms with Crippen molar-refractivity contribution >= 4 is 17.5 Å². The van der Waals surface area contributed by atoms with Crippen molar-refractivity contribution in [3.63, 3.8) is 0 Å². The van der Waals surface area contributed by atoms with Crippen molar-refractivity contribution in [1.29, 1.82) is 0 Å². The molecule has 0 aromatic heterocycles. The van der Waals surface area contributed by atoms with Crippen molar-refractivity contribution in [2.24, 2.45) is 5.73 Å². The topological polar surface area (TPSA) is 64.3 Å². The van der Waals surface area contributed by atoms with E-state index in [-0.39, 0.29) is 18.6 Å². The first-order valence-electron chi connectivity index (χ1n) is 5.99. The lowest BCUT2D eigenvalue weighted by Crippen LogP contribution is -2.29. The molecule has 0 heterocycles. The van der Waals surface area contributed by atoms with Gasteiger partial charge >= 0.3 is 0 Å². The van der Waals surface area contributed by atoms with Crippen LogP contribution >= 0.6 is 11.6 Å². The van der Waals surface area contributed by atoms with Gasteiger partial charge in [-0.15, -0.1) is 0 Å². The van der Waals surface area contributed by atoms with Gasteiger partial charge in [0, 0.05) is 23.2 Å². The van der Waals surface area contributed by atoms with E-state index in [1.54, 1.807) is 18.2 Å². The summed E-state index contributed by atoms with van der Waals surface area (Å²) < 4.78 is 5.46. The molecular formula is C13H19ClN2O2. The Balaban J connectivity index is 2.64. The molecule has 1 aromatic carbocycles. The van der Waals surface area contributed by atoms with Crippen LogP contribution < -0.4 is 15.8 Å². The molecule has 0 spiro atoms. The van der Waals surface area contributed by atoms with Crippen LogP contribution in [0.15, 0.2) is 18.2 Å². The van der Waals surface area contributed by atoms with Crippen LogP contribution in [0.3, 0.4) is 0 Å². The normalized spacial score (nSPS) is 12.0. The van der Waals surface area contributed by atoms with Crippen molar-refractivity contribution in [1.82, 2.24) is 5.32 Å². The summed E-state index contributed by atoms with van der Waals surface area (Å²) in [5, 5.41) is 3.34. The fourth-order valence-corrected chi connectivity index (χ4v) is 1.65. The zero-order chi connectivity index (χ0) is 13.5. The van der Waals surface area contributed by atoms with Crippen LogP contribution in [-0.4, -0.2) is 19.1 Å². The number of nitrogens with two attached hydrogens (primary N) is 1. The molecule has 3 N–H and O–H groups in total. The molecule has 1 amide bonds. The van der Waals surface area contributed by atoms with Crippen LogP contribution in [0.1, 0.15) is 31.9 Å². The number of halogens is 1. The molecule has 18 heavy (non-hydrogen) atoms. The van der Waals surface area contributed by atoms with Crippen LogP contribution in [0.25, 0.3) is 0 Å². The average molecular weight is 271 g/mol. The van der Waals surface area contributed by atoms with Crippen LogP contribution in [0.5, 0.6) is 5.75 Å². The first kappa shape index (κ1) is 14.8. The maximum Gasteiger partial charge on any atom is 0.257 e. The van der Waals surface area contributed by atoms with E-state index in [1.807, 2.05) is 13.8 Å². The maximum absolute atomic E-state index is 11.4. The van der Waals surface area contributed by atoms with E-state index in [1.165, 1.54) is 0 Å². The number of ether oxygens (including phenoxy) is 1. The van der Waals surface area contributed by atoms with Gasteiger partial charge in [0.05, 0.1) is 0 Å². The first-order valence-corrected chi connectivity index (χ1v) is 6.37. The number of hydrogen-bond donors (Lipinski definition) is 2. The fraction of sp³-hybridized carbons (Fsp3) is 0.462. The molecular weight excluding hydrogens is 252 g/mol. The molecule has 0 radical (unpaired) electrons. The van der Waals surface area contributed by atoms with Crippen molar-refractivity contribution in [3.8, 4) is 5.75 Å². The Morgan fingerprint density at radius 2 is 2.28 bits per heavy atom. The van der Waals surface area contributed by atoms with Gasteiger partial charge in [0.15, 0.2) is 6.61 Å². The van der Waals surface area contributed by atoms with Crippen LogP contribution in [0.2, 0.25) is 5.02 Å². The van der Waals surface area contributed by atoms with E-state index in [4.69, 9.17) is 22.1 Å². The molecule has 5 heteroatoms. The molecule has 0 aliphatic heterocycles. The molecule has 0 saturated carbocycles.